The van der Waals surface area contributed by atoms with Crippen LogP contribution >= 0.6 is 12.2 Å². The number of hydrogen-bond acceptors (Lipinski definition) is 4. The van der Waals surface area contributed by atoms with Crippen molar-refractivity contribution in [2.45, 2.75) is 39.7 Å². The lowest BCUT2D eigenvalue weighted by atomic mass is 10.2. The molecule has 0 spiro atoms. The summed E-state index contributed by atoms with van der Waals surface area (Å²) in [6.45, 7) is 6.53. The monoisotopic (exact) mass is 413 g/mol. The standard InChI is InChI=1S/C22H27N3O3S/c1-4-5-14-23-20(26)16-10-12-17(13-11-16)24-22(29)25-21(27)18-8-6-7-9-19(18)28-15(2)3/h6-13,15H,4-5,14H2,1-3H3,(H,23,26)(H2,24,25,27,29). The van der Waals surface area contributed by atoms with Crippen LogP contribution in [-0.2, 0) is 0 Å². The Morgan fingerprint density at radius 2 is 1.72 bits per heavy atom. The Labute approximate surface area is 177 Å². The molecule has 0 radical (unpaired) electrons. The van der Waals surface area contributed by atoms with Gasteiger partial charge in [-0.25, -0.2) is 0 Å². The Morgan fingerprint density at radius 1 is 1.03 bits per heavy atom. The van der Waals surface area contributed by atoms with Crippen LogP contribution in [0.5, 0.6) is 5.75 Å². The zero-order valence-corrected chi connectivity index (χ0v) is 17.8. The zero-order chi connectivity index (χ0) is 21.2. The van der Waals surface area contributed by atoms with Gasteiger partial charge in [-0.15, -0.1) is 0 Å². The number of nitrogens with one attached hydrogen (secondary N) is 3. The van der Waals surface area contributed by atoms with E-state index in [1.807, 2.05) is 19.9 Å². The molecular weight excluding hydrogens is 386 g/mol. The highest BCUT2D eigenvalue weighted by molar-refractivity contribution is 7.80. The first-order valence-corrected chi connectivity index (χ1v) is 10.1. The fourth-order valence-electron chi connectivity index (χ4n) is 2.53. The van der Waals surface area contributed by atoms with Crippen molar-refractivity contribution in [1.29, 1.82) is 0 Å². The lowest BCUT2D eigenvalue weighted by Crippen LogP contribution is -2.34. The summed E-state index contributed by atoms with van der Waals surface area (Å²) in [7, 11) is 0. The molecule has 29 heavy (non-hydrogen) atoms. The summed E-state index contributed by atoms with van der Waals surface area (Å²) in [5.74, 6) is 0.0366. The fourth-order valence-corrected chi connectivity index (χ4v) is 2.74. The highest BCUT2D eigenvalue weighted by Crippen LogP contribution is 2.19. The second kappa shape index (κ2) is 11.2. The number of anilines is 1. The maximum Gasteiger partial charge on any atom is 0.261 e. The van der Waals surface area contributed by atoms with E-state index in [9.17, 15) is 9.59 Å². The van der Waals surface area contributed by atoms with Crippen LogP contribution in [0.15, 0.2) is 48.5 Å². The lowest BCUT2D eigenvalue weighted by Gasteiger charge is -2.15. The van der Waals surface area contributed by atoms with E-state index in [2.05, 4.69) is 22.9 Å². The van der Waals surface area contributed by atoms with Crippen LogP contribution in [0.4, 0.5) is 5.69 Å². The molecule has 2 rings (SSSR count). The van der Waals surface area contributed by atoms with Crippen LogP contribution < -0.4 is 20.7 Å². The largest absolute Gasteiger partial charge is 0.490 e. The molecule has 0 aliphatic heterocycles. The molecule has 0 saturated heterocycles. The van der Waals surface area contributed by atoms with Gasteiger partial charge in [-0.3, -0.25) is 14.9 Å². The predicted octanol–water partition coefficient (Wildman–Crippen LogP) is 4.13. The lowest BCUT2D eigenvalue weighted by molar-refractivity contribution is 0.0950. The molecule has 2 aromatic carbocycles. The van der Waals surface area contributed by atoms with E-state index in [4.69, 9.17) is 17.0 Å². The number of para-hydroxylation sites is 1. The van der Waals surface area contributed by atoms with Gasteiger partial charge < -0.3 is 15.4 Å². The van der Waals surface area contributed by atoms with Gasteiger partial charge in [0.25, 0.3) is 11.8 Å². The molecule has 0 atom stereocenters. The van der Waals surface area contributed by atoms with Crippen molar-refractivity contribution in [3.8, 4) is 5.75 Å². The van der Waals surface area contributed by atoms with E-state index in [0.717, 1.165) is 12.8 Å². The Kier molecular flexibility index (Phi) is 8.61. The molecule has 0 saturated carbocycles. The van der Waals surface area contributed by atoms with Gasteiger partial charge >= 0.3 is 0 Å². The third kappa shape index (κ3) is 7.19. The number of amides is 2. The second-order valence-electron chi connectivity index (χ2n) is 6.76. The number of ether oxygens (including phenoxy) is 1. The number of carbonyl (C=O) groups is 2. The Hall–Kier alpha value is -2.93. The molecule has 0 aliphatic rings. The third-order valence-electron chi connectivity index (χ3n) is 3.94. The minimum Gasteiger partial charge on any atom is -0.490 e. The van der Waals surface area contributed by atoms with Crippen molar-refractivity contribution in [3.05, 3.63) is 59.7 Å². The molecule has 0 fully saturated rings. The average molecular weight is 414 g/mol. The molecule has 0 bridgehead atoms. The maximum atomic E-state index is 12.5. The van der Waals surface area contributed by atoms with E-state index in [1.54, 1.807) is 42.5 Å². The summed E-state index contributed by atoms with van der Waals surface area (Å²) < 4.78 is 5.67. The Morgan fingerprint density at radius 3 is 2.38 bits per heavy atom. The number of carbonyl (C=O) groups excluding carboxylic acids is 2. The van der Waals surface area contributed by atoms with Gasteiger partial charge in [-0.2, -0.15) is 0 Å². The summed E-state index contributed by atoms with van der Waals surface area (Å²) in [6.07, 6.45) is 1.93. The fraction of sp³-hybridized carbons (Fsp3) is 0.318. The molecule has 2 aromatic rings. The molecule has 0 aliphatic carbocycles. The molecule has 6 nitrogen and oxygen atoms in total. The molecule has 0 heterocycles. The highest BCUT2D eigenvalue weighted by Gasteiger charge is 2.14. The summed E-state index contributed by atoms with van der Waals surface area (Å²) in [6, 6.07) is 13.9. The normalized spacial score (nSPS) is 10.3. The first-order valence-electron chi connectivity index (χ1n) is 9.67. The first-order chi connectivity index (χ1) is 13.9. The summed E-state index contributed by atoms with van der Waals surface area (Å²) in [5.41, 5.74) is 1.65. The second-order valence-corrected chi connectivity index (χ2v) is 7.17. The van der Waals surface area contributed by atoms with Crippen molar-refractivity contribution >= 4 is 34.8 Å². The molecule has 0 aromatic heterocycles. The molecule has 154 valence electrons. The SMILES string of the molecule is CCCCNC(=O)c1ccc(NC(=S)NC(=O)c2ccccc2OC(C)C)cc1. The van der Waals surface area contributed by atoms with Gasteiger partial charge in [0.05, 0.1) is 11.7 Å². The van der Waals surface area contributed by atoms with E-state index < -0.39 is 0 Å². The van der Waals surface area contributed by atoms with Gasteiger partial charge in [0.2, 0.25) is 0 Å². The number of rotatable bonds is 8. The van der Waals surface area contributed by atoms with E-state index in [-0.39, 0.29) is 23.0 Å². The van der Waals surface area contributed by atoms with Crippen LogP contribution in [-0.4, -0.2) is 29.6 Å². The predicted molar refractivity (Wildman–Crippen MR) is 120 cm³/mol. The quantitative estimate of drug-likeness (QED) is 0.448. The molecule has 3 N–H and O–H groups in total. The van der Waals surface area contributed by atoms with Crippen LogP contribution in [0.25, 0.3) is 0 Å². The zero-order valence-electron chi connectivity index (χ0n) is 17.0. The van der Waals surface area contributed by atoms with Crippen LogP contribution in [0.2, 0.25) is 0 Å². The Balaban J connectivity index is 1.94. The molecule has 2 amide bonds. The van der Waals surface area contributed by atoms with Gasteiger partial charge in [0.15, 0.2) is 5.11 Å². The van der Waals surface area contributed by atoms with Crippen molar-refractivity contribution in [1.82, 2.24) is 10.6 Å². The third-order valence-corrected chi connectivity index (χ3v) is 4.15. The van der Waals surface area contributed by atoms with Crippen molar-refractivity contribution in [3.63, 3.8) is 0 Å². The topological polar surface area (TPSA) is 79.5 Å². The Bertz CT molecular complexity index is 851. The van der Waals surface area contributed by atoms with Gasteiger partial charge in [-0.1, -0.05) is 25.5 Å². The van der Waals surface area contributed by atoms with Gasteiger partial charge in [0.1, 0.15) is 5.75 Å². The summed E-state index contributed by atoms with van der Waals surface area (Å²) in [5, 5.41) is 8.63. The highest BCUT2D eigenvalue weighted by atomic mass is 32.1. The van der Waals surface area contributed by atoms with Crippen molar-refractivity contribution in [2.24, 2.45) is 0 Å². The van der Waals surface area contributed by atoms with Crippen molar-refractivity contribution < 1.29 is 14.3 Å². The van der Waals surface area contributed by atoms with Crippen molar-refractivity contribution in [2.75, 3.05) is 11.9 Å². The van der Waals surface area contributed by atoms with E-state index in [0.29, 0.717) is 29.1 Å². The number of thiocarbonyl (C=S) groups is 1. The smallest absolute Gasteiger partial charge is 0.261 e. The summed E-state index contributed by atoms with van der Waals surface area (Å²) >= 11 is 5.24. The molecule has 0 unspecified atom stereocenters. The van der Waals surface area contributed by atoms with E-state index >= 15 is 0 Å². The van der Waals surface area contributed by atoms with E-state index in [1.165, 1.54) is 0 Å². The first kappa shape index (κ1) is 22.4. The summed E-state index contributed by atoms with van der Waals surface area (Å²) in [4.78, 5) is 24.6. The van der Waals surface area contributed by atoms with Crippen LogP contribution in [0.1, 0.15) is 54.3 Å². The number of benzene rings is 2. The maximum absolute atomic E-state index is 12.5. The number of unbranched alkanes of at least 4 members (excludes halogenated alkanes) is 1. The number of hydrogen-bond donors (Lipinski definition) is 3. The van der Waals surface area contributed by atoms with Gasteiger partial charge in [-0.05, 0) is 68.9 Å². The van der Waals surface area contributed by atoms with Crippen LogP contribution in [0, 0.1) is 0 Å². The molecular formula is C22H27N3O3S. The van der Waals surface area contributed by atoms with Crippen LogP contribution in [0.3, 0.4) is 0 Å². The minimum atomic E-state index is -0.356. The average Bonchev–Trinajstić information content (AvgIpc) is 2.68. The molecule has 7 heteroatoms. The minimum absolute atomic E-state index is 0.0493. The van der Waals surface area contributed by atoms with Gasteiger partial charge in [0, 0.05) is 17.8 Å².